The molecule has 0 atom stereocenters. The molecule has 1 N–H and O–H groups in total. The molecule has 2 heterocycles. The van der Waals surface area contributed by atoms with Crippen molar-refractivity contribution in [1.82, 2.24) is 15.1 Å². The Bertz CT molecular complexity index is 1260. The third-order valence-electron chi connectivity index (χ3n) is 5.46. The standard InChI is InChI=1S/C23H18F5N5O2/c24-14-5-6-18(17(25)13-14)30-21(34)20-19(7-8-29-31-20)32-9-11-33(12-10-32)22(35)15-3-1-2-4-16(15)23(26,27)28/h1-8,13H,9-12H2,(H,30,34). The van der Waals surface area contributed by atoms with Crippen molar-refractivity contribution in [1.29, 1.82) is 0 Å². The van der Waals surface area contributed by atoms with E-state index in [0.29, 0.717) is 11.8 Å². The summed E-state index contributed by atoms with van der Waals surface area (Å²) in [6.07, 6.45) is -3.31. The summed E-state index contributed by atoms with van der Waals surface area (Å²) in [6, 6.07) is 8.79. The van der Waals surface area contributed by atoms with E-state index in [4.69, 9.17) is 0 Å². The number of rotatable bonds is 4. The van der Waals surface area contributed by atoms with Gasteiger partial charge in [-0.05, 0) is 30.3 Å². The molecular weight excluding hydrogens is 473 g/mol. The van der Waals surface area contributed by atoms with Gasteiger partial charge in [0.2, 0.25) is 0 Å². The highest BCUT2D eigenvalue weighted by atomic mass is 19.4. The van der Waals surface area contributed by atoms with Crippen LogP contribution in [0.2, 0.25) is 0 Å². The Morgan fingerprint density at radius 3 is 2.34 bits per heavy atom. The van der Waals surface area contributed by atoms with Crippen LogP contribution in [0.3, 0.4) is 0 Å². The molecule has 4 rings (SSSR count). The summed E-state index contributed by atoms with van der Waals surface area (Å²) in [5.74, 6) is -3.28. The van der Waals surface area contributed by atoms with Crippen LogP contribution in [0.4, 0.5) is 33.3 Å². The van der Waals surface area contributed by atoms with Crippen molar-refractivity contribution in [2.24, 2.45) is 0 Å². The van der Waals surface area contributed by atoms with E-state index in [1.807, 2.05) is 0 Å². The molecule has 1 fully saturated rings. The van der Waals surface area contributed by atoms with E-state index in [1.165, 1.54) is 29.3 Å². The maximum Gasteiger partial charge on any atom is 0.417 e. The number of alkyl halides is 3. The predicted octanol–water partition coefficient (Wildman–Crippen LogP) is 3.99. The highest BCUT2D eigenvalue weighted by Crippen LogP contribution is 2.32. The van der Waals surface area contributed by atoms with Crippen molar-refractivity contribution in [2.75, 3.05) is 36.4 Å². The minimum Gasteiger partial charge on any atom is -0.366 e. The molecule has 35 heavy (non-hydrogen) atoms. The summed E-state index contributed by atoms with van der Waals surface area (Å²) in [5, 5.41) is 9.85. The van der Waals surface area contributed by atoms with E-state index in [9.17, 15) is 31.5 Å². The lowest BCUT2D eigenvalue weighted by Crippen LogP contribution is -2.49. The van der Waals surface area contributed by atoms with Crippen LogP contribution >= 0.6 is 0 Å². The average molecular weight is 491 g/mol. The number of halogens is 5. The van der Waals surface area contributed by atoms with Crippen molar-refractivity contribution in [3.05, 3.63) is 83.2 Å². The summed E-state index contributed by atoms with van der Waals surface area (Å²) >= 11 is 0. The number of hydrogen-bond acceptors (Lipinski definition) is 5. The van der Waals surface area contributed by atoms with E-state index < -0.39 is 40.8 Å². The second kappa shape index (κ2) is 9.65. The zero-order valence-electron chi connectivity index (χ0n) is 18.0. The van der Waals surface area contributed by atoms with Gasteiger partial charge in [0.05, 0.1) is 28.7 Å². The lowest BCUT2D eigenvalue weighted by Gasteiger charge is -2.36. The topological polar surface area (TPSA) is 78.4 Å². The Morgan fingerprint density at radius 1 is 0.943 bits per heavy atom. The van der Waals surface area contributed by atoms with E-state index in [0.717, 1.165) is 24.3 Å². The minimum absolute atomic E-state index is 0.0982. The lowest BCUT2D eigenvalue weighted by atomic mass is 10.1. The molecule has 7 nitrogen and oxygen atoms in total. The number of piperazine rings is 1. The molecule has 0 spiro atoms. The molecule has 0 bridgehead atoms. The monoisotopic (exact) mass is 491 g/mol. The Kier molecular flexibility index (Phi) is 6.63. The number of nitrogens with one attached hydrogen (secondary N) is 1. The van der Waals surface area contributed by atoms with Gasteiger partial charge < -0.3 is 15.1 Å². The normalized spacial score (nSPS) is 14.1. The molecule has 0 unspecified atom stereocenters. The van der Waals surface area contributed by atoms with E-state index >= 15 is 0 Å². The number of benzene rings is 2. The quantitative estimate of drug-likeness (QED) is 0.559. The Labute approximate surface area is 196 Å². The van der Waals surface area contributed by atoms with Crippen molar-refractivity contribution in [2.45, 2.75) is 6.18 Å². The van der Waals surface area contributed by atoms with Crippen molar-refractivity contribution in [3.63, 3.8) is 0 Å². The number of hydrogen-bond donors (Lipinski definition) is 1. The summed E-state index contributed by atoms with van der Waals surface area (Å²) in [4.78, 5) is 28.6. The molecule has 12 heteroatoms. The lowest BCUT2D eigenvalue weighted by molar-refractivity contribution is -0.138. The van der Waals surface area contributed by atoms with Crippen LogP contribution in [-0.2, 0) is 6.18 Å². The highest BCUT2D eigenvalue weighted by Gasteiger charge is 2.36. The van der Waals surface area contributed by atoms with Crippen molar-refractivity contribution in [3.8, 4) is 0 Å². The van der Waals surface area contributed by atoms with Crippen LogP contribution in [0.25, 0.3) is 0 Å². The Hall–Kier alpha value is -4.09. The van der Waals surface area contributed by atoms with Gasteiger partial charge in [-0.25, -0.2) is 8.78 Å². The summed E-state index contributed by atoms with van der Waals surface area (Å²) in [7, 11) is 0. The number of aromatic nitrogens is 2. The second-order valence-corrected chi connectivity index (χ2v) is 7.67. The molecule has 0 radical (unpaired) electrons. The first-order chi connectivity index (χ1) is 16.6. The molecule has 0 saturated carbocycles. The van der Waals surface area contributed by atoms with Gasteiger partial charge in [0, 0.05) is 32.2 Å². The zero-order valence-corrected chi connectivity index (χ0v) is 18.0. The van der Waals surface area contributed by atoms with Crippen molar-refractivity contribution >= 4 is 23.2 Å². The molecule has 182 valence electrons. The highest BCUT2D eigenvalue weighted by molar-refractivity contribution is 6.06. The Morgan fingerprint density at radius 2 is 1.66 bits per heavy atom. The Balaban J connectivity index is 1.48. The number of carbonyl (C=O) groups is 2. The first-order valence-corrected chi connectivity index (χ1v) is 10.4. The van der Waals surface area contributed by atoms with Crippen LogP contribution in [-0.4, -0.2) is 53.1 Å². The molecule has 0 aliphatic carbocycles. The van der Waals surface area contributed by atoms with Crippen LogP contribution in [0.1, 0.15) is 26.4 Å². The van der Waals surface area contributed by atoms with Gasteiger partial charge in [-0.3, -0.25) is 9.59 Å². The third kappa shape index (κ3) is 5.20. The van der Waals surface area contributed by atoms with Crippen LogP contribution < -0.4 is 10.2 Å². The summed E-state index contributed by atoms with van der Waals surface area (Å²) in [5.41, 5.74) is -1.45. The van der Waals surface area contributed by atoms with Gasteiger partial charge in [-0.2, -0.15) is 18.3 Å². The molecular formula is C23H18F5N5O2. The molecule has 2 aromatic carbocycles. The number of nitrogens with zero attached hydrogens (tertiary/aromatic N) is 4. The summed E-state index contributed by atoms with van der Waals surface area (Å²) in [6.45, 7) is 0.607. The molecule has 3 aromatic rings. The van der Waals surface area contributed by atoms with E-state index in [-0.39, 0.29) is 37.6 Å². The van der Waals surface area contributed by atoms with Crippen LogP contribution in [0, 0.1) is 11.6 Å². The van der Waals surface area contributed by atoms with Crippen LogP contribution in [0.5, 0.6) is 0 Å². The minimum atomic E-state index is -4.66. The first-order valence-electron chi connectivity index (χ1n) is 10.4. The molecule has 1 saturated heterocycles. The van der Waals surface area contributed by atoms with Crippen molar-refractivity contribution < 1.29 is 31.5 Å². The molecule has 1 aliphatic heterocycles. The van der Waals surface area contributed by atoms with Gasteiger partial charge in [-0.15, -0.1) is 5.10 Å². The van der Waals surface area contributed by atoms with Gasteiger partial charge in [0.25, 0.3) is 11.8 Å². The molecule has 1 aliphatic rings. The smallest absolute Gasteiger partial charge is 0.366 e. The van der Waals surface area contributed by atoms with E-state index in [1.54, 1.807) is 4.90 Å². The zero-order chi connectivity index (χ0) is 25.2. The number of carbonyl (C=O) groups excluding carboxylic acids is 2. The first kappa shape index (κ1) is 24.0. The third-order valence-corrected chi connectivity index (χ3v) is 5.46. The van der Waals surface area contributed by atoms with Gasteiger partial charge in [0.15, 0.2) is 5.69 Å². The predicted molar refractivity (Wildman–Crippen MR) is 116 cm³/mol. The fraction of sp³-hybridized carbons (Fsp3) is 0.217. The summed E-state index contributed by atoms with van der Waals surface area (Å²) < 4.78 is 67.0. The SMILES string of the molecule is O=C(Nc1ccc(F)cc1F)c1nnccc1N1CCN(C(=O)c2ccccc2C(F)(F)F)CC1. The molecule has 1 aromatic heterocycles. The molecule has 2 amide bonds. The van der Waals surface area contributed by atoms with Crippen LogP contribution in [0.15, 0.2) is 54.7 Å². The average Bonchev–Trinajstić information content (AvgIpc) is 2.85. The van der Waals surface area contributed by atoms with Gasteiger partial charge in [0.1, 0.15) is 11.6 Å². The van der Waals surface area contributed by atoms with Gasteiger partial charge >= 0.3 is 6.18 Å². The maximum absolute atomic E-state index is 13.9. The van der Waals surface area contributed by atoms with Gasteiger partial charge in [-0.1, -0.05) is 12.1 Å². The fourth-order valence-corrected chi connectivity index (χ4v) is 3.75. The van der Waals surface area contributed by atoms with E-state index in [2.05, 4.69) is 15.5 Å². The fourth-order valence-electron chi connectivity index (χ4n) is 3.75. The number of amides is 2. The maximum atomic E-state index is 13.9. The second-order valence-electron chi connectivity index (χ2n) is 7.67. The number of anilines is 2. The largest absolute Gasteiger partial charge is 0.417 e.